The minimum Gasteiger partial charge on any atom is -0.461 e. The number of esters is 1. The van der Waals surface area contributed by atoms with Gasteiger partial charge < -0.3 is 23.8 Å². The van der Waals surface area contributed by atoms with Crippen molar-refractivity contribution in [1.29, 1.82) is 0 Å². The summed E-state index contributed by atoms with van der Waals surface area (Å²) in [5.74, 6) is -0.586. The normalized spacial score (nSPS) is 10.7. The van der Waals surface area contributed by atoms with Gasteiger partial charge in [-0.05, 0) is 13.8 Å². The molecule has 1 amide bonds. The van der Waals surface area contributed by atoms with Crippen molar-refractivity contribution in [1.82, 2.24) is 5.32 Å². The summed E-state index contributed by atoms with van der Waals surface area (Å²) >= 11 is 0. The highest BCUT2D eigenvalue weighted by Gasteiger charge is 2.25. The average molecular weight is 309 g/mol. The number of ether oxygens (including phenoxy) is 2. The topological polar surface area (TPSA) is 100 Å². The van der Waals surface area contributed by atoms with E-state index in [0.29, 0.717) is 0 Å². The summed E-state index contributed by atoms with van der Waals surface area (Å²) in [6, 6.07) is 0. The van der Waals surface area contributed by atoms with Crippen molar-refractivity contribution in [2.75, 3.05) is 32.7 Å². The number of carbonyl (C=O) groups excluding carboxylic acids is 2. The minimum atomic E-state index is -3.41. The first-order valence-corrected chi connectivity index (χ1v) is 7.78. The van der Waals surface area contributed by atoms with Gasteiger partial charge in [-0.1, -0.05) is 6.58 Å². The van der Waals surface area contributed by atoms with Gasteiger partial charge in [0.25, 0.3) is 0 Å². The van der Waals surface area contributed by atoms with Crippen LogP contribution in [0.5, 0.6) is 0 Å². The molecule has 0 saturated heterocycles. The van der Waals surface area contributed by atoms with Crippen LogP contribution >= 0.6 is 7.60 Å². The highest BCUT2D eigenvalue weighted by atomic mass is 31.2. The maximum atomic E-state index is 11.9. The number of amides is 1. The van der Waals surface area contributed by atoms with E-state index < -0.39 is 26.0 Å². The first kappa shape index (κ1) is 18.6. The Kier molecular flexibility index (Phi) is 9.71. The Morgan fingerprint density at radius 3 is 2.30 bits per heavy atom. The van der Waals surface area contributed by atoms with Crippen LogP contribution in [0.4, 0.5) is 4.79 Å². The molecule has 0 atom stereocenters. The summed E-state index contributed by atoms with van der Waals surface area (Å²) in [6.45, 7) is 6.93. The van der Waals surface area contributed by atoms with E-state index in [9.17, 15) is 14.2 Å². The fourth-order valence-corrected chi connectivity index (χ4v) is 2.34. The van der Waals surface area contributed by atoms with Gasteiger partial charge in [0.2, 0.25) is 0 Å². The second-order valence-corrected chi connectivity index (χ2v) is 5.30. The molecule has 0 rings (SSSR count). The number of rotatable bonds is 10. The lowest BCUT2D eigenvalue weighted by Crippen LogP contribution is -2.29. The van der Waals surface area contributed by atoms with Gasteiger partial charge in [-0.15, -0.1) is 0 Å². The molecule has 0 spiro atoms. The van der Waals surface area contributed by atoms with Crippen LogP contribution in [0.15, 0.2) is 12.7 Å². The number of hydrogen-bond donors (Lipinski definition) is 1. The van der Waals surface area contributed by atoms with Crippen molar-refractivity contribution in [2.24, 2.45) is 0 Å². The van der Waals surface area contributed by atoms with Crippen LogP contribution in [0, 0.1) is 0 Å². The zero-order chi connectivity index (χ0) is 15.4. The van der Waals surface area contributed by atoms with E-state index >= 15 is 0 Å². The molecule has 1 N–H and O–H groups in total. The highest BCUT2D eigenvalue weighted by molar-refractivity contribution is 7.53. The Bertz CT molecular complexity index is 362. The van der Waals surface area contributed by atoms with Crippen molar-refractivity contribution >= 4 is 19.7 Å². The Hall–Kier alpha value is -1.37. The van der Waals surface area contributed by atoms with Gasteiger partial charge in [0, 0.05) is 6.08 Å². The SMILES string of the molecule is C=CC(=O)OCCNC(=O)OCP(=O)(OCC)OCC. The summed E-state index contributed by atoms with van der Waals surface area (Å²) in [5.41, 5.74) is 0. The molecule has 0 heterocycles. The standard InChI is InChI=1S/C11H20NO7P/c1-4-10(13)16-8-7-12-11(14)17-9-20(15,18-5-2)19-6-3/h4H,1,5-9H2,2-3H3,(H,12,14). The minimum absolute atomic E-state index is 0.0193. The number of carbonyl (C=O) groups is 2. The molecule has 0 aromatic carbocycles. The molecular formula is C11H20NO7P. The van der Waals surface area contributed by atoms with Gasteiger partial charge in [0.1, 0.15) is 6.61 Å². The molecule has 8 nitrogen and oxygen atoms in total. The summed E-state index contributed by atoms with van der Waals surface area (Å²) in [7, 11) is -3.41. The lowest BCUT2D eigenvalue weighted by atomic mass is 10.6. The lowest BCUT2D eigenvalue weighted by molar-refractivity contribution is -0.137. The molecular weight excluding hydrogens is 289 g/mol. The van der Waals surface area contributed by atoms with E-state index in [1.54, 1.807) is 13.8 Å². The van der Waals surface area contributed by atoms with Crippen LogP contribution in [-0.2, 0) is 27.9 Å². The largest absolute Gasteiger partial charge is 0.461 e. The van der Waals surface area contributed by atoms with E-state index in [4.69, 9.17) is 13.8 Å². The van der Waals surface area contributed by atoms with Crippen molar-refractivity contribution < 1.29 is 32.7 Å². The Labute approximate surface area is 117 Å². The Morgan fingerprint density at radius 2 is 1.80 bits per heavy atom. The zero-order valence-electron chi connectivity index (χ0n) is 11.6. The van der Waals surface area contributed by atoms with E-state index in [-0.39, 0.29) is 26.4 Å². The molecule has 0 aromatic rings. The van der Waals surface area contributed by atoms with Crippen molar-refractivity contribution in [3.05, 3.63) is 12.7 Å². The van der Waals surface area contributed by atoms with E-state index in [1.165, 1.54) is 0 Å². The van der Waals surface area contributed by atoms with Crippen LogP contribution in [0.1, 0.15) is 13.8 Å². The molecule has 0 bridgehead atoms. The predicted molar refractivity (Wildman–Crippen MR) is 71.4 cm³/mol. The van der Waals surface area contributed by atoms with Gasteiger partial charge in [0.15, 0.2) is 6.35 Å². The molecule has 0 aliphatic heterocycles. The summed E-state index contributed by atoms with van der Waals surface area (Å²) in [6.07, 6.45) is -0.273. The number of nitrogens with one attached hydrogen (secondary N) is 1. The summed E-state index contributed by atoms with van der Waals surface area (Å²) < 4.78 is 31.2. The van der Waals surface area contributed by atoms with Gasteiger partial charge >= 0.3 is 19.7 Å². The smallest absolute Gasteiger partial charge is 0.407 e. The molecule has 0 aromatic heterocycles. The van der Waals surface area contributed by atoms with Crippen molar-refractivity contribution in [3.8, 4) is 0 Å². The maximum absolute atomic E-state index is 11.9. The molecule has 0 aliphatic rings. The lowest BCUT2D eigenvalue weighted by Gasteiger charge is -2.16. The van der Waals surface area contributed by atoms with Gasteiger partial charge in [0.05, 0.1) is 19.8 Å². The zero-order valence-corrected chi connectivity index (χ0v) is 12.5. The average Bonchev–Trinajstić information content (AvgIpc) is 2.41. The van der Waals surface area contributed by atoms with Crippen molar-refractivity contribution in [3.63, 3.8) is 0 Å². The third-order valence-electron chi connectivity index (χ3n) is 1.79. The molecule has 116 valence electrons. The molecule has 0 fully saturated rings. The first-order valence-electron chi connectivity index (χ1n) is 6.05. The first-order chi connectivity index (χ1) is 9.47. The monoisotopic (exact) mass is 309 g/mol. The van der Waals surface area contributed by atoms with Crippen molar-refractivity contribution in [2.45, 2.75) is 13.8 Å². The van der Waals surface area contributed by atoms with Crippen LogP contribution in [0.2, 0.25) is 0 Å². The third kappa shape index (κ3) is 8.68. The van der Waals surface area contributed by atoms with Gasteiger partial charge in [-0.3, -0.25) is 4.57 Å². The molecule has 20 heavy (non-hydrogen) atoms. The summed E-state index contributed by atoms with van der Waals surface area (Å²) in [5, 5.41) is 2.31. The number of hydrogen-bond acceptors (Lipinski definition) is 7. The molecule has 0 radical (unpaired) electrons. The fraction of sp³-hybridized carbons (Fsp3) is 0.636. The van der Waals surface area contributed by atoms with Gasteiger partial charge in [-0.25, -0.2) is 9.59 Å². The molecule has 9 heteroatoms. The van der Waals surface area contributed by atoms with Crippen LogP contribution in [0.3, 0.4) is 0 Å². The van der Waals surface area contributed by atoms with Crippen LogP contribution in [0.25, 0.3) is 0 Å². The second kappa shape index (κ2) is 10.4. The van der Waals surface area contributed by atoms with Crippen LogP contribution in [-0.4, -0.2) is 44.8 Å². The van der Waals surface area contributed by atoms with E-state index in [0.717, 1.165) is 6.08 Å². The molecule has 0 unspecified atom stereocenters. The van der Waals surface area contributed by atoms with E-state index in [2.05, 4.69) is 16.6 Å². The molecule has 0 saturated carbocycles. The van der Waals surface area contributed by atoms with Crippen LogP contribution < -0.4 is 5.32 Å². The summed E-state index contributed by atoms with van der Waals surface area (Å²) in [4.78, 5) is 22.0. The highest BCUT2D eigenvalue weighted by Crippen LogP contribution is 2.47. The quantitative estimate of drug-likeness (QED) is 0.283. The van der Waals surface area contributed by atoms with Gasteiger partial charge in [-0.2, -0.15) is 0 Å². The number of alkyl carbamates (subject to hydrolysis) is 1. The third-order valence-corrected chi connectivity index (χ3v) is 3.54. The second-order valence-electron chi connectivity index (χ2n) is 3.31. The molecule has 0 aliphatic carbocycles. The Balaban J connectivity index is 3.93. The van der Waals surface area contributed by atoms with E-state index in [1.807, 2.05) is 0 Å². The predicted octanol–water partition coefficient (Wildman–Crippen LogP) is 1.67. The maximum Gasteiger partial charge on any atom is 0.407 e. The fourth-order valence-electron chi connectivity index (χ4n) is 1.06. The Morgan fingerprint density at radius 1 is 1.20 bits per heavy atom.